The summed E-state index contributed by atoms with van der Waals surface area (Å²) >= 11 is 0. The van der Waals surface area contributed by atoms with Gasteiger partial charge < -0.3 is 10.1 Å². The number of hydrogen-bond donors (Lipinski definition) is 2. The number of sulfonamides is 1. The molecule has 3 aromatic carbocycles. The SMILES string of the molecule is CCOC(=O)c1cccc(Nc2nc3ccccc3nc2NS(=O)(=O)c2ccc(C)cc2)c1. The number of benzene rings is 3. The van der Waals surface area contributed by atoms with E-state index in [-0.39, 0.29) is 23.1 Å². The van der Waals surface area contributed by atoms with Gasteiger partial charge >= 0.3 is 5.97 Å². The van der Waals surface area contributed by atoms with Crippen molar-refractivity contribution in [1.29, 1.82) is 0 Å². The molecule has 0 fully saturated rings. The average molecular weight is 463 g/mol. The van der Waals surface area contributed by atoms with Gasteiger partial charge in [-0.05, 0) is 56.3 Å². The Balaban J connectivity index is 1.73. The molecular weight excluding hydrogens is 440 g/mol. The van der Waals surface area contributed by atoms with Crippen molar-refractivity contribution in [1.82, 2.24) is 9.97 Å². The minimum atomic E-state index is -3.91. The minimum Gasteiger partial charge on any atom is -0.462 e. The molecule has 1 aromatic heterocycles. The van der Waals surface area contributed by atoms with Crippen LogP contribution in [0.25, 0.3) is 11.0 Å². The first-order valence-electron chi connectivity index (χ1n) is 10.3. The first-order valence-corrected chi connectivity index (χ1v) is 11.7. The molecule has 0 spiro atoms. The number of fused-ring (bicyclic) bond motifs is 1. The van der Waals surface area contributed by atoms with Crippen molar-refractivity contribution in [3.8, 4) is 0 Å². The van der Waals surface area contributed by atoms with Crippen LogP contribution in [0.4, 0.5) is 17.3 Å². The van der Waals surface area contributed by atoms with Crippen LogP contribution in [0.15, 0.2) is 77.7 Å². The quantitative estimate of drug-likeness (QED) is 0.384. The first-order chi connectivity index (χ1) is 15.9. The zero-order valence-corrected chi connectivity index (χ0v) is 18.9. The van der Waals surface area contributed by atoms with Gasteiger partial charge in [-0.15, -0.1) is 0 Å². The Kier molecular flexibility index (Phi) is 6.23. The Bertz CT molecular complexity index is 1420. The van der Waals surface area contributed by atoms with E-state index in [0.29, 0.717) is 22.3 Å². The molecule has 0 aliphatic rings. The molecule has 0 saturated carbocycles. The third-order valence-corrected chi connectivity index (χ3v) is 6.12. The molecule has 0 saturated heterocycles. The second-order valence-corrected chi connectivity index (χ2v) is 8.94. The van der Waals surface area contributed by atoms with Gasteiger partial charge in [-0.3, -0.25) is 4.72 Å². The summed E-state index contributed by atoms with van der Waals surface area (Å²) in [5, 5.41) is 3.08. The summed E-state index contributed by atoms with van der Waals surface area (Å²) in [5.41, 5.74) is 2.95. The molecule has 0 aliphatic heterocycles. The largest absolute Gasteiger partial charge is 0.462 e. The van der Waals surface area contributed by atoms with E-state index in [1.807, 2.05) is 13.0 Å². The van der Waals surface area contributed by atoms with Gasteiger partial charge in [0.15, 0.2) is 11.6 Å². The van der Waals surface area contributed by atoms with E-state index >= 15 is 0 Å². The van der Waals surface area contributed by atoms with Crippen LogP contribution >= 0.6 is 0 Å². The smallest absolute Gasteiger partial charge is 0.338 e. The molecule has 33 heavy (non-hydrogen) atoms. The Morgan fingerprint density at radius 2 is 1.58 bits per heavy atom. The molecule has 0 radical (unpaired) electrons. The fourth-order valence-electron chi connectivity index (χ4n) is 3.14. The zero-order valence-electron chi connectivity index (χ0n) is 18.1. The number of carbonyl (C=O) groups is 1. The van der Waals surface area contributed by atoms with Crippen LogP contribution in [0.3, 0.4) is 0 Å². The van der Waals surface area contributed by atoms with Crippen molar-refractivity contribution in [2.75, 3.05) is 16.6 Å². The van der Waals surface area contributed by atoms with Crippen molar-refractivity contribution in [2.24, 2.45) is 0 Å². The third-order valence-electron chi connectivity index (χ3n) is 4.77. The van der Waals surface area contributed by atoms with Crippen molar-refractivity contribution in [3.05, 3.63) is 83.9 Å². The van der Waals surface area contributed by atoms with Crippen molar-refractivity contribution in [2.45, 2.75) is 18.7 Å². The maximum absolute atomic E-state index is 13.0. The van der Waals surface area contributed by atoms with Gasteiger partial charge in [-0.2, -0.15) is 0 Å². The van der Waals surface area contributed by atoms with Crippen LogP contribution in [-0.2, 0) is 14.8 Å². The number of anilines is 3. The molecule has 4 aromatic rings. The summed E-state index contributed by atoms with van der Waals surface area (Å²) in [7, 11) is -3.91. The normalized spacial score (nSPS) is 11.2. The number of hydrogen-bond acceptors (Lipinski definition) is 7. The predicted molar refractivity (Wildman–Crippen MR) is 127 cm³/mol. The van der Waals surface area contributed by atoms with E-state index in [1.165, 1.54) is 12.1 Å². The van der Waals surface area contributed by atoms with Gasteiger partial charge in [-0.25, -0.2) is 23.2 Å². The van der Waals surface area contributed by atoms with Crippen LogP contribution in [-0.4, -0.2) is 31.0 Å². The van der Waals surface area contributed by atoms with Crippen LogP contribution in [0.1, 0.15) is 22.8 Å². The molecule has 9 heteroatoms. The lowest BCUT2D eigenvalue weighted by molar-refractivity contribution is 0.0526. The Morgan fingerprint density at radius 1 is 0.909 bits per heavy atom. The number of nitrogens with zero attached hydrogens (tertiary/aromatic N) is 2. The summed E-state index contributed by atoms with van der Waals surface area (Å²) in [6.07, 6.45) is 0. The van der Waals surface area contributed by atoms with Gasteiger partial charge in [0.1, 0.15) is 0 Å². The maximum atomic E-state index is 13.0. The summed E-state index contributed by atoms with van der Waals surface area (Å²) in [6.45, 7) is 3.87. The summed E-state index contributed by atoms with van der Waals surface area (Å²) < 4.78 is 33.6. The molecular formula is C24H22N4O4S. The number of rotatable bonds is 7. The number of esters is 1. The predicted octanol–water partition coefficient (Wildman–Crippen LogP) is 4.66. The number of aromatic nitrogens is 2. The van der Waals surface area contributed by atoms with E-state index in [4.69, 9.17) is 4.74 Å². The highest BCUT2D eigenvalue weighted by molar-refractivity contribution is 7.92. The van der Waals surface area contributed by atoms with Crippen LogP contribution < -0.4 is 10.0 Å². The van der Waals surface area contributed by atoms with Gasteiger partial charge in [0.05, 0.1) is 28.1 Å². The molecule has 0 unspecified atom stereocenters. The number of aryl methyl sites for hydroxylation is 1. The van der Waals surface area contributed by atoms with E-state index < -0.39 is 16.0 Å². The molecule has 0 aliphatic carbocycles. The summed E-state index contributed by atoms with van der Waals surface area (Å²) in [6, 6.07) is 20.3. The van der Waals surface area contributed by atoms with Gasteiger partial charge in [0.2, 0.25) is 0 Å². The van der Waals surface area contributed by atoms with Crippen molar-refractivity contribution in [3.63, 3.8) is 0 Å². The van der Waals surface area contributed by atoms with Gasteiger partial charge in [-0.1, -0.05) is 35.9 Å². The third kappa shape index (κ3) is 5.09. The molecule has 0 amide bonds. The molecule has 1 heterocycles. The molecule has 168 valence electrons. The zero-order chi connectivity index (χ0) is 23.4. The second kappa shape index (κ2) is 9.25. The highest BCUT2D eigenvalue weighted by Gasteiger charge is 2.19. The summed E-state index contributed by atoms with van der Waals surface area (Å²) in [4.78, 5) is 21.2. The first kappa shape index (κ1) is 22.2. The van der Waals surface area contributed by atoms with E-state index in [1.54, 1.807) is 61.5 Å². The van der Waals surface area contributed by atoms with E-state index in [0.717, 1.165) is 5.56 Å². The lowest BCUT2D eigenvalue weighted by Gasteiger charge is -2.14. The van der Waals surface area contributed by atoms with Crippen LogP contribution in [0, 0.1) is 6.92 Å². The summed E-state index contributed by atoms with van der Waals surface area (Å²) in [5.74, 6) is -0.216. The Hall–Kier alpha value is -3.98. The monoisotopic (exact) mass is 462 g/mol. The van der Waals surface area contributed by atoms with Crippen molar-refractivity contribution < 1.29 is 17.9 Å². The molecule has 4 rings (SSSR count). The fraction of sp³-hybridized carbons (Fsp3) is 0.125. The number of carbonyl (C=O) groups excluding carboxylic acids is 1. The number of nitrogens with one attached hydrogen (secondary N) is 2. The van der Waals surface area contributed by atoms with Crippen LogP contribution in [0.2, 0.25) is 0 Å². The highest BCUT2D eigenvalue weighted by atomic mass is 32.2. The molecule has 2 N–H and O–H groups in total. The number of ether oxygens (including phenoxy) is 1. The van der Waals surface area contributed by atoms with E-state index in [2.05, 4.69) is 20.0 Å². The van der Waals surface area contributed by atoms with E-state index in [9.17, 15) is 13.2 Å². The highest BCUT2D eigenvalue weighted by Crippen LogP contribution is 2.27. The number of para-hydroxylation sites is 2. The second-order valence-electron chi connectivity index (χ2n) is 7.25. The Labute approximate surface area is 191 Å². The Morgan fingerprint density at radius 3 is 2.24 bits per heavy atom. The van der Waals surface area contributed by atoms with Gasteiger partial charge in [0, 0.05) is 5.69 Å². The van der Waals surface area contributed by atoms with Crippen LogP contribution in [0.5, 0.6) is 0 Å². The lowest BCUT2D eigenvalue weighted by atomic mass is 10.2. The molecule has 8 nitrogen and oxygen atoms in total. The molecule has 0 bridgehead atoms. The lowest BCUT2D eigenvalue weighted by Crippen LogP contribution is -2.16. The fourth-order valence-corrected chi connectivity index (χ4v) is 4.15. The molecule has 0 atom stereocenters. The maximum Gasteiger partial charge on any atom is 0.338 e. The average Bonchev–Trinajstić information content (AvgIpc) is 2.80. The van der Waals surface area contributed by atoms with Gasteiger partial charge in [0.25, 0.3) is 10.0 Å². The topological polar surface area (TPSA) is 110 Å². The minimum absolute atomic E-state index is 0.0378. The standard InChI is InChI=1S/C24H22N4O4S/c1-3-32-24(29)17-7-6-8-18(15-17)25-22-23(27-21-10-5-4-9-20(21)26-22)28-33(30,31)19-13-11-16(2)12-14-19/h4-15H,3H2,1-2H3,(H,25,26)(H,27,28). The van der Waals surface area contributed by atoms with Crippen molar-refractivity contribution >= 4 is 44.3 Å².